The van der Waals surface area contributed by atoms with E-state index in [9.17, 15) is 22.6 Å². The van der Waals surface area contributed by atoms with E-state index >= 15 is 0 Å². The van der Waals surface area contributed by atoms with Gasteiger partial charge in [-0.3, -0.25) is 4.79 Å². The molecule has 1 atom stereocenters. The van der Waals surface area contributed by atoms with Gasteiger partial charge in [-0.15, -0.1) is 0 Å². The van der Waals surface area contributed by atoms with Crippen LogP contribution in [-0.2, 0) is 21.7 Å². The van der Waals surface area contributed by atoms with Crippen molar-refractivity contribution in [2.75, 3.05) is 13.1 Å². The van der Waals surface area contributed by atoms with Gasteiger partial charge < -0.3 is 14.0 Å². The third-order valence-corrected chi connectivity index (χ3v) is 3.81. The van der Waals surface area contributed by atoms with Crippen molar-refractivity contribution in [3.05, 3.63) is 34.5 Å². The molecule has 0 aromatic carbocycles. The van der Waals surface area contributed by atoms with Crippen molar-refractivity contribution in [2.45, 2.75) is 6.04 Å². The number of aryl methyl sites for hydroxylation is 1. The molecule has 1 unspecified atom stereocenters. The molecule has 0 spiro atoms. The number of amides is 2. The zero-order chi connectivity index (χ0) is 16.1. The molecule has 0 saturated carbocycles. The summed E-state index contributed by atoms with van der Waals surface area (Å²) in [5.74, 6) is 0. The van der Waals surface area contributed by atoms with E-state index < -0.39 is 22.5 Å². The zero-order valence-corrected chi connectivity index (χ0v) is 15.2. The number of nitrogens with zero attached hydrogens (tertiary/aromatic N) is 4. The van der Waals surface area contributed by atoms with Crippen LogP contribution in [0.3, 0.4) is 0 Å². The quantitative estimate of drug-likeness (QED) is 0.307. The van der Waals surface area contributed by atoms with Gasteiger partial charge in [0.15, 0.2) is 0 Å². The molecule has 2 amide bonds. The summed E-state index contributed by atoms with van der Waals surface area (Å²) in [4.78, 5) is 28.7. The third-order valence-electron chi connectivity index (χ3n) is 3.47. The number of hydrogen-bond acceptors (Lipinski definition) is 7. The Morgan fingerprint density at radius 2 is 2.09 bits per heavy atom. The SMILES string of the molecule is Cn1cc(C2=CCN3CC2N(OS(=O)(=O)[O-])C3=O)ncc1=O.[Na+]. The van der Waals surface area contributed by atoms with Gasteiger partial charge in [0.05, 0.1) is 18.4 Å². The Balaban J connectivity index is 0.00000192. The van der Waals surface area contributed by atoms with Gasteiger partial charge in [0.1, 0.15) is 6.04 Å². The van der Waals surface area contributed by atoms with Crippen LogP contribution in [0.4, 0.5) is 4.79 Å². The second-order valence-electron chi connectivity index (χ2n) is 4.89. The van der Waals surface area contributed by atoms with Crippen LogP contribution < -0.4 is 35.1 Å². The van der Waals surface area contributed by atoms with Crippen LogP contribution in [0.1, 0.15) is 5.69 Å². The molecule has 0 aliphatic carbocycles. The molecule has 23 heavy (non-hydrogen) atoms. The number of rotatable bonds is 3. The van der Waals surface area contributed by atoms with Crippen molar-refractivity contribution in [2.24, 2.45) is 7.05 Å². The Labute approximate surface area is 153 Å². The first-order chi connectivity index (χ1) is 10.3. The maximum atomic E-state index is 12.0. The van der Waals surface area contributed by atoms with Crippen molar-refractivity contribution in [1.29, 1.82) is 0 Å². The molecule has 12 heteroatoms. The number of hydroxylamine groups is 2. The second-order valence-corrected chi connectivity index (χ2v) is 5.86. The molecule has 1 fully saturated rings. The van der Waals surface area contributed by atoms with E-state index in [1.807, 2.05) is 0 Å². The molecule has 0 radical (unpaired) electrons. The van der Waals surface area contributed by atoms with E-state index in [-0.39, 0.29) is 48.2 Å². The Bertz CT molecular complexity index is 835. The first kappa shape index (κ1) is 18.1. The van der Waals surface area contributed by atoms with Gasteiger partial charge in [0, 0.05) is 25.4 Å². The summed E-state index contributed by atoms with van der Waals surface area (Å²) < 4.78 is 37.9. The molecule has 1 saturated heterocycles. The van der Waals surface area contributed by atoms with Gasteiger partial charge in [0.2, 0.25) is 10.4 Å². The summed E-state index contributed by atoms with van der Waals surface area (Å²) in [6.45, 7) is 0.401. The van der Waals surface area contributed by atoms with Gasteiger partial charge in [-0.1, -0.05) is 6.08 Å². The average Bonchev–Trinajstić information content (AvgIpc) is 2.66. The van der Waals surface area contributed by atoms with Crippen molar-refractivity contribution in [3.8, 4) is 0 Å². The van der Waals surface area contributed by atoms with Gasteiger partial charge in [0.25, 0.3) is 5.56 Å². The zero-order valence-electron chi connectivity index (χ0n) is 12.4. The smallest absolute Gasteiger partial charge is 0.724 e. The molecule has 118 valence electrons. The van der Waals surface area contributed by atoms with E-state index in [4.69, 9.17) is 0 Å². The molecule has 2 aliphatic rings. The number of fused-ring (bicyclic) bond motifs is 2. The monoisotopic (exact) mass is 350 g/mol. The van der Waals surface area contributed by atoms with Crippen molar-refractivity contribution in [1.82, 2.24) is 19.5 Å². The van der Waals surface area contributed by atoms with Crippen LogP contribution in [0.5, 0.6) is 0 Å². The maximum Gasteiger partial charge on any atom is 1.00 e. The molecule has 0 N–H and O–H groups in total. The molecule has 3 heterocycles. The number of carbonyl (C=O) groups excluding carboxylic acids is 1. The summed E-state index contributed by atoms with van der Waals surface area (Å²) in [5.41, 5.74) is 0.610. The average molecular weight is 350 g/mol. The van der Waals surface area contributed by atoms with Gasteiger partial charge in [-0.05, 0) is 0 Å². The maximum absolute atomic E-state index is 12.0. The van der Waals surface area contributed by atoms with Gasteiger partial charge in [-0.25, -0.2) is 18.2 Å². The standard InChI is InChI=1S/C11H12N4O6S.Na/c1-13-5-8(12-4-10(13)16)7-2-3-14-6-9(7)15(11(14)17)21-22(18,19)20;/h2,4-5,9H,3,6H2,1H3,(H,18,19,20);/q;+1/p-1. The first-order valence-electron chi connectivity index (χ1n) is 6.23. The Hall–Kier alpha value is -1.24. The minimum atomic E-state index is -5.07. The number of aromatic nitrogens is 2. The van der Waals surface area contributed by atoms with Gasteiger partial charge >= 0.3 is 35.6 Å². The summed E-state index contributed by atoms with van der Waals surface area (Å²) in [7, 11) is -3.53. The van der Waals surface area contributed by atoms with Crippen molar-refractivity contribution >= 4 is 22.0 Å². The van der Waals surface area contributed by atoms with E-state index in [1.54, 1.807) is 13.1 Å². The minimum absolute atomic E-state index is 0. The summed E-state index contributed by atoms with van der Waals surface area (Å²) in [6.07, 6.45) is 4.27. The van der Waals surface area contributed by atoms with E-state index in [0.29, 0.717) is 16.3 Å². The Kier molecular flexibility index (Phi) is 4.99. The largest absolute Gasteiger partial charge is 1.00 e. The molecule has 1 aromatic rings. The van der Waals surface area contributed by atoms with Crippen molar-refractivity contribution < 1.29 is 51.6 Å². The van der Waals surface area contributed by atoms with E-state index in [0.717, 1.165) is 6.20 Å². The fraction of sp³-hybridized carbons (Fsp3) is 0.364. The molecular weight excluding hydrogens is 339 g/mol. The second kappa shape index (κ2) is 6.34. The molecule has 2 aliphatic heterocycles. The summed E-state index contributed by atoms with van der Waals surface area (Å²) >= 11 is 0. The topological polar surface area (TPSA) is 125 Å². The molecule has 10 nitrogen and oxygen atoms in total. The third kappa shape index (κ3) is 3.49. The minimum Gasteiger partial charge on any atom is -0.724 e. The van der Waals surface area contributed by atoms with Crippen LogP contribution in [-0.4, -0.2) is 57.6 Å². The summed E-state index contributed by atoms with van der Waals surface area (Å²) in [6, 6.07) is -1.49. The Morgan fingerprint density at radius 3 is 2.70 bits per heavy atom. The molecular formula is C11H11N4NaO6S. The first-order valence-corrected chi connectivity index (χ1v) is 7.56. The fourth-order valence-electron chi connectivity index (χ4n) is 2.46. The molecule has 2 bridgehead atoms. The van der Waals surface area contributed by atoms with Gasteiger partial charge in [-0.2, -0.15) is 9.35 Å². The van der Waals surface area contributed by atoms with E-state index in [1.165, 1.54) is 15.7 Å². The van der Waals surface area contributed by atoms with E-state index in [2.05, 4.69) is 9.27 Å². The van der Waals surface area contributed by atoms with Crippen LogP contribution >= 0.6 is 0 Å². The van der Waals surface area contributed by atoms with Crippen LogP contribution in [0.15, 0.2) is 23.3 Å². The summed E-state index contributed by atoms with van der Waals surface area (Å²) in [5, 5.41) is 0.536. The number of carbonyl (C=O) groups is 1. The van der Waals surface area contributed by atoms with Crippen LogP contribution in [0.25, 0.3) is 5.57 Å². The predicted octanol–water partition coefficient (Wildman–Crippen LogP) is -4.32. The van der Waals surface area contributed by atoms with Crippen molar-refractivity contribution in [3.63, 3.8) is 0 Å². The fourth-order valence-corrected chi connectivity index (χ4v) is 2.82. The molecule has 3 rings (SSSR count). The predicted molar refractivity (Wildman–Crippen MR) is 70.8 cm³/mol. The van der Waals surface area contributed by atoms with Crippen LogP contribution in [0.2, 0.25) is 0 Å². The number of hydrogen-bond donors (Lipinski definition) is 0. The molecule has 1 aromatic heterocycles. The normalized spacial score (nSPS) is 20.3. The van der Waals surface area contributed by atoms with Crippen LogP contribution in [0, 0.1) is 0 Å². The Morgan fingerprint density at radius 1 is 1.39 bits per heavy atom. The number of urea groups is 1.